The maximum absolute atomic E-state index is 4.37. The van der Waals surface area contributed by atoms with E-state index in [4.69, 9.17) is 0 Å². The highest BCUT2D eigenvalue weighted by molar-refractivity contribution is 5.62. The molecule has 2 fully saturated rings. The zero-order chi connectivity index (χ0) is 17.6. The predicted octanol–water partition coefficient (Wildman–Crippen LogP) is 3.92. The number of nitrogens with zero attached hydrogens (tertiary/aromatic N) is 3. The van der Waals surface area contributed by atoms with Crippen LogP contribution in [0.5, 0.6) is 0 Å². The molecule has 0 aliphatic carbocycles. The van der Waals surface area contributed by atoms with Crippen LogP contribution < -0.4 is 0 Å². The van der Waals surface area contributed by atoms with Gasteiger partial charge in [-0.1, -0.05) is 44.7 Å². The Morgan fingerprint density at radius 1 is 1.04 bits per heavy atom. The number of likely N-dealkylation sites (tertiary alicyclic amines) is 1. The molecule has 0 radical (unpaired) electrons. The van der Waals surface area contributed by atoms with Crippen molar-refractivity contribution in [3.8, 4) is 0 Å². The van der Waals surface area contributed by atoms with Crippen LogP contribution in [0.1, 0.15) is 44.2 Å². The molecule has 3 nitrogen and oxygen atoms in total. The molecule has 138 valence electrons. The summed E-state index contributed by atoms with van der Waals surface area (Å²) >= 11 is 0. The highest BCUT2D eigenvalue weighted by Crippen LogP contribution is 2.22. The Balaban J connectivity index is 1.52. The minimum atomic E-state index is 0.846. The van der Waals surface area contributed by atoms with Gasteiger partial charge < -0.3 is 4.90 Å². The zero-order valence-corrected chi connectivity index (χ0v) is 16.2. The van der Waals surface area contributed by atoms with Gasteiger partial charge in [0.25, 0.3) is 0 Å². The molecule has 2 aliphatic rings. The summed E-state index contributed by atoms with van der Waals surface area (Å²) in [5, 5.41) is 0. The number of hydrogen-bond donors (Lipinski definition) is 0. The first-order chi connectivity index (χ1) is 12.2. The van der Waals surface area contributed by atoms with E-state index in [0.29, 0.717) is 0 Å². The lowest BCUT2D eigenvalue weighted by molar-refractivity contribution is 0.176. The zero-order valence-electron chi connectivity index (χ0n) is 16.2. The lowest BCUT2D eigenvalue weighted by atomic mass is 9.99. The highest BCUT2D eigenvalue weighted by atomic mass is 15.3. The Hall–Kier alpha value is -1.32. The normalized spacial score (nSPS) is 23.0. The van der Waals surface area contributed by atoms with Crippen LogP contribution >= 0.6 is 0 Å². The van der Waals surface area contributed by atoms with E-state index in [2.05, 4.69) is 59.4 Å². The van der Waals surface area contributed by atoms with E-state index in [1.54, 1.807) is 0 Å². The summed E-state index contributed by atoms with van der Waals surface area (Å²) in [5.74, 6) is 0.846. The fourth-order valence-corrected chi connectivity index (χ4v) is 4.23. The molecule has 1 aromatic rings. The molecular formula is C22H35N3. The molecule has 0 amide bonds. The fourth-order valence-electron chi connectivity index (χ4n) is 4.23. The summed E-state index contributed by atoms with van der Waals surface area (Å²) in [6.07, 6.45) is 3.99. The van der Waals surface area contributed by atoms with E-state index in [0.717, 1.165) is 38.6 Å². The van der Waals surface area contributed by atoms with Crippen molar-refractivity contribution in [2.45, 2.75) is 39.7 Å². The van der Waals surface area contributed by atoms with Crippen LogP contribution in [-0.4, -0.2) is 60.5 Å². The first kappa shape index (κ1) is 18.5. The summed E-state index contributed by atoms with van der Waals surface area (Å²) in [6, 6.07) is 9.13. The van der Waals surface area contributed by atoms with E-state index >= 15 is 0 Å². The van der Waals surface area contributed by atoms with Gasteiger partial charge in [0.1, 0.15) is 0 Å². The quantitative estimate of drug-likeness (QED) is 0.776. The van der Waals surface area contributed by atoms with Crippen LogP contribution in [0.4, 0.5) is 0 Å². The first-order valence-corrected chi connectivity index (χ1v) is 10.1. The van der Waals surface area contributed by atoms with Gasteiger partial charge in [0.2, 0.25) is 0 Å². The third kappa shape index (κ3) is 5.08. The van der Waals surface area contributed by atoms with Crippen molar-refractivity contribution in [1.82, 2.24) is 14.7 Å². The van der Waals surface area contributed by atoms with E-state index in [1.165, 1.54) is 55.7 Å². The van der Waals surface area contributed by atoms with Gasteiger partial charge in [-0.2, -0.15) is 0 Å². The average molecular weight is 342 g/mol. The maximum Gasteiger partial charge on any atom is 0.0367 e. The second kappa shape index (κ2) is 8.86. The fraction of sp³-hybridized carbons (Fsp3) is 0.636. The Bertz CT molecular complexity index is 543. The highest BCUT2D eigenvalue weighted by Gasteiger charge is 2.19. The van der Waals surface area contributed by atoms with Gasteiger partial charge in [0.15, 0.2) is 0 Å². The first-order valence-electron chi connectivity index (χ1n) is 10.1. The standard InChI is InChI=1S/C22H35N3/c1-4-11-23-13-15-25(16-14-23)20(3)22-9-7-21(8-10-22)18-24-12-5-6-19(2)17-24/h7-10,19H,3-6,11-18H2,1-2H3/t19-/m1/s1. The van der Waals surface area contributed by atoms with Crippen molar-refractivity contribution < 1.29 is 0 Å². The minimum absolute atomic E-state index is 0.846. The lowest BCUT2D eigenvalue weighted by Crippen LogP contribution is -2.45. The number of piperazine rings is 1. The van der Waals surface area contributed by atoms with Crippen LogP contribution in [-0.2, 0) is 6.54 Å². The molecule has 0 spiro atoms. The largest absolute Gasteiger partial charge is 0.369 e. The monoisotopic (exact) mass is 341 g/mol. The van der Waals surface area contributed by atoms with Gasteiger partial charge >= 0.3 is 0 Å². The smallest absolute Gasteiger partial charge is 0.0367 e. The molecule has 1 aromatic carbocycles. The SMILES string of the molecule is C=C(c1ccc(CN2CCC[C@@H](C)C2)cc1)N1CCN(CCC)CC1. The maximum atomic E-state index is 4.37. The molecule has 2 saturated heterocycles. The van der Waals surface area contributed by atoms with Crippen LogP contribution in [0.25, 0.3) is 5.70 Å². The van der Waals surface area contributed by atoms with Crippen molar-refractivity contribution in [1.29, 1.82) is 0 Å². The Kier molecular flexibility index (Phi) is 6.55. The second-order valence-corrected chi connectivity index (χ2v) is 7.95. The Morgan fingerprint density at radius 2 is 1.76 bits per heavy atom. The van der Waals surface area contributed by atoms with E-state index in [1.807, 2.05) is 0 Å². The van der Waals surface area contributed by atoms with Gasteiger partial charge in [0.05, 0.1) is 0 Å². The molecule has 0 aromatic heterocycles. The summed E-state index contributed by atoms with van der Waals surface area (Å²) in [4.78, 5) is 7.62. The van der Waals surface area contributed by atoms with E-state index < -0.39 is 0 Å². The molecule has 2 heterocycles. The van der Waals surface area contributed by atoms with Crippen LogP contribution in [0.15, 0.2) is 30.8 Å². The summed E-state index contributed by atoms with van der Waals surface area (Å²) in [5.41, 5.74) is 3.90. The molecule has 0 saturated carbocycles. The Labute approximate surface area is 154 Å². The molecule has 3 rings (SSSR count). The summed E-state index contributed by atoms with van der Waals surface area (Å²) in [6.45, 7) is 18.4. The molecular weight excluding hydrogens is 306 g/mol. The Morgan fingerprint density at radius 3 is 2.40 bits per heavy atom. The van der Waals surface area contributed by atoms with Gasteiger partial charge in [-0.05, 0) is 49.4 Å². The van der Waals surface area contributed by atoms with E-state index in [9.17, 15) is 0 Å². The van der Waals surface area contributed by atoms with Crippen molar-refractivity contribution in [3.05, 3.63) is 42.0 Å². The topological polar surface area (TPSA) is 9.72 Å². The lowest BCUT2D eigenvalue weighted by Gasteiger charge is -2.37. The van der Waals surface area contributed by atoms with Crippen LogP contribution in [0.2, 0.25) is 0 Å². The van der Waals surface area contributed by atoms with Gasteiger partial charge in [-0.15, -0.1) is 0 Å². The van der Waals surface area contributed by atoms with Crippen molar-refractivity contribution in [3.63, 3.8) is 0 Å². The predicted molar refractivity (Wildman–Crippen MR) is 107 cm³/mol. The number of piperidine rings is 1. The molecule has 0 N–H and O–H groups in total. The van der Waals surface area contributed by atoms with Crippen LogP contribution in [0, 0.1) is 5.92 Å². The van der Waals surface area contributed by atoms with Gasteiger partial charge in [-0.25, -0.2) is 0 Å². The molecule has 0 unspecified atom stereocenters. The molecule has 1 atom stereocenters. The summed E-state index contributed by atoms with van der Waals surface area (Å²) < 4.78 is 0. The molecule has 3 heteroatoms. The van der Waals surface area contributed by atoms with Crippen LogP contribution in [0.3, 0.4) is 0 Å². The summed E-state index contributed by atoms with van der Waals surface area (Å²) in [7, 11) is 0. The molecule has 25 heavy (non-hydrogen) atoms. The van der Waals surface area contributed by atoms with Crippen molar-refractivity contribution >= 4 is 5.70 Å². The average Bonchev–Trinajstić information content (AvgIpc) is 2.63. The van der Waals surface area contributed by atoms with Gasteiger partial charge in [0, 0.05) is 45.0 Å². The van der Waals surface area contributed by atoms with Gasteiger partial charge in [-0.3, -0.25) is 9.80 Å². The van der Waals surface area contributed by atoms with Crippen molar-refractivity contribution in [2.24, 2.45) is 5.92 Å². The molecule has 2 aliphatic heterocycles. The number of benzene rings is 1. The second-order valence-electron chi connectivity index (χ2n) is 7.95. The minimum Gasteiger partial charge on any atom is -0.369 e. The van der Waals surface area contributed by atoms with Crippen molar-refractivity contribution in [2.75, 3.05) is 45.8 Å². The number of hydrogen-bond acceptors (Lipinski definition) is 3. The third-order valence-electron chi connectivity index (χ3n) is 5.73. The van der Waals surface area contributed by atoms with E-state index in [-0.39, 0.29) is 0 Å². The molecule has 0 bridgehead atoms. The third-order valence-corrected chi connectivity index (χ3v) is 5.73. The number of rotatable bonds is 6.